The van der Waals surface area contributed by atoms with Crippen LogP contribution in [0, 0.1) is 5.41 Å². The molecule has 5 N–H and O–H groups in total. The van der Waals surface area contributed by atoms with Crippen molar-refractivity contribution in [3.05, 3.63) is 5.82 Å². The first kappa shape index (κ1) is 10.3. The van der Waals surface area contributed by atoms with E-state index in [1.54, 1.807) is 0 Å². The maximum Gasteiger partial charge on any atom is 0.234 e. The van der Waals surface area contributed by atoms with E-state index in [-0.39, 0.29) is 18.3 Å². The Kier molecular flexibility index (Phi) is 2.43. The summed E-state index contributed by atoms with van der Waals surface area (Å²) in [6.07, 6.45) is 1.17. The van der Waals surface area contributed by atoms with Gasteiger partial charge in [-0.2, -0.15) is 5.21 Å². The number of nitrogens with one attached hydrogen (secondary N) is 2. The van der Waals surface area contributed by atoms with Crippen LogP contribution in [0.2, 0.25) is 0 Å². The van der Waals surface area contributed by atoms with E-state index in [4.69, 9.17) is 10.9 Å². The van der Waals surface area contributed by atoms with Crippen molar-refractivity contribution >= 4 is 11.7 Å². The van der Waals surface area contributed by atoms with Gasteiger partial charge in [0.15, 0.2) is 11.7 Å². The first-order chi connectivity index (χ1) is 7.69. The van der Waals surface area contributed by atoms with Crippen LogP contribution in [-0.4, -0.2) is 37.6 Å². The summed E-state index contributed by atoms with van der Waals surface area (Å²) in [4.78, 5) is 11.8. The van der Waals surface area contributed by atoms with Gasteiger partial charge in [-0.05, 0) is 12.8 Å². The third-order valence-electron chi connectivity index (χ3n) is 2.58. The Labute approximate surface area is 90.1 Å². The standard InChI is InChI=1S/C7H11N7O2/c8-5(12-16)7(1-2-7)6(15)9-3-4-10-13-14-11-4/h16H,1-3H2,(H2,8,12)(H,9,15)(H,10,11,13,14). The summed E-state index contributed by atoms with van der Waals surface area (Å²) < 4.78 is 0. The van der Waals surface area contributed by atoms with E-state index < -0.39 is 5.41 Å². The van der Waals surface area contributed by atoms with E-state index >= 15 is 0 Å². The number of carbonyl (C=O) groups is 1. The monoisotopic (exact) mass is 225 g/mol. The molecule has 9 heteroatoms. The van der Waals surface area contributed by atoms with Gasteiger partial charge in [0.1, 0.15) is 5.41 Å². The lowest BCUT2D eigenvalue weighted by Crippen LogP contribution is -2.40. The van der Waals surface area contributed by atoms with Gasteiger partial charge in [0.05, 0.1) is 6.54 Å². The molecule has 1 heterocycles. The fourth-order valence-electron chi connectivity index (χ4n) is 1.41. The largest absolute Gasteiger partial charge is 0.409 e. The minimum absolute atomic E-state index is 0.0573. The molecular weight excluding hydrogens is 214 g/mol. The SMILES string of the molecule is NC(=NO)C1(C(=O)NCc2nn[nH]n2)CC1. The highest BCUT2D eigenvalue weighted by Gasteiger charge is 2.54. The van der Waals surface area contributed by atoms with E-state index in [1.165, 1.54) is 0 Å². The highest BCUT2D eigenvalue weighted by atomic mass is 16.4. The maximum absolute atomic E-state index is 11.8. The highest BCUT2D eigenvalue weighted by Crippen LogP contribution is 2.46. The number of H-pyrrole nitrogens is 1. The van der Waals surface area contributed by atoms with Crippen molar-refractivity contribution in [3.8, 4) is 0 Å². The van der Waals surface area contributed by atoms with Crippen molar-refractivity contribution in [2.24, 2.45) is 16.3 Å². The highest BCUT2D eigenvalue weighted by molar-refractivity contribution is 6.09. The zero-order chi connectivity index (χ0) is 11.6. The number of rotatable bonds is 4. The normalized spacial score (nSPS) is 18.1. The molecule has 1 aliphatic rings. The average Bonchev–Trinajstić information content (AvgIpc) is 2.95. The van der Waals surface area contributed by atoms with Crippen molar-refractivity contribution in [2.75, 3.05) is 0 Å². The molecule has 1 fully saturated rings. The summed E-state index contributed by atoms with van der Waals surface area (Å²) in [5.41, 5.74) is 4.60. The Morgan fingerprint density at radius 1 is 1.69 bits per heavy atom. The minimum Gasteiger partial charge on any atom is -0.409 e. The summed E-state index contributed by atoms with van der Waals surface area (Å²) in [6, 6.07) is 0. The molecule has 0 atom stereocenters. The van der Waals surface area contributed by atoms with Crippen molar-refractivity contribution in [3.63, 3.8) is 0 Å². The number of oxime groups is 1. The molecule has 0 radical (unpaired) electrons. The van der Waals surface area contributed by atoms with Gasteiger partial charge in [-0.25, -0.2) is 0 Å². The second-order valence-corrected chi connectivity index (χ2v) is 3.58. The number of hydrogen-bond donors (Lipinski definition) is 4. The van der Waals surface area contributed by atoms with Gasteiger partial charge in [0, 0.05) is 0 Å². The molecule has 1 aliphatic carbocycles. The molecule has 1 amide bonds. The number of aromatic nitrogens is 4. The molecule has 0 spiro atoms. The van der Waals surface area contributed by atoms with Crippen molar-refractivity contribution < 1.29 is 10.0 Å². The van der Waals surface area contributed by atoms with Crippen LogP contribution in [0.5, 0.6) is 0 Å². The van der Waals surface area contributed by atoms with Gasteiger partial charge in [-0.15, -0.1) is 10.2 Å². The minimum atomic E-state index is -0.849. The smallest absolute Gasteiger partial charge is 0.234 e. The predicted octanol–water partition coefficient (Wildman–Crippen LogP) is -1.66. The van der Waals surface area contributed by atoms with Gasteiger partial charge in [-0.3, -0.25) is 4.79 Å². The lowest BCUT2D eigenvalue weighted by Gasteiger charge is -2.12. The summed E-state index contributed by atoms with van der Waals surface area (Å²) >= 11 is 0. The lowest BCUT2D eigenvalue weighted by molar-refractivity contribution is -0.124. The molecule has 1 saturated carbocycles. The fraction of sp³-hybridized carbons (Fsp3) is 0.571. The Morgan fingerprint density at radius 2 is 2.44 bits per heavy atom. The number of hydrogen-bond acceptors (Lipinski definition) is 6. The van der Waals surface area contributed by atoms with E-state index in [0.29, 0.717) is 18.7 Å². The topological polar surface area (TPSA) is 142 Å². The molecule has 9 nitrogen and oxygen atoms in total. The summed E-state index contributed by atoms with van der Waals surface area (Å²) in [5.74, 6) is 0.0365. The molecular formula is C7H11N7O2. The lowest BCUT2D eigenvalue weighted by atomic mass is 10.1. The molecule has 16 heavy (non-hydrogen) atoms. The van der Waals surface area contributed by atoms with Gasteiger partial charge in [0.2, 0.25) is 5.91 Å². The van der Waals surface area contributed by atoms with Crippen LogP contribution in [0.1, 0.15) is 18.7 Å². The number of nitrogens with two attached hydrogens (primary N) is 1. The van der Waals surface area contributed by atoms with Crippen LogP contribution in [0.4, 0.5) is 0 Å². The van der Waals surface area contributed by atoms with Crippen LogP contribution in [-0.2, 0) is 11.3 Å². The van der Waals surface area contributed by atoms with Crippen LogP contribution in [0.15, 0.2) is 5.16 Å². The molecule has 1 aromatic rings. The molecule has 2 rings (SSSR count). The van der Waals surface area contributed by atoms with Gasteiger partial charge in [-0.1, -0.05) is 10.4 Å². The second-order valence-electron chi connectivity index (χ2n) is 3.58. The van der Waals surface area contributed by atoms with Crippen LogP contribution in [0.25, 0.3) is 0 Å². The molecule has 0 aromatic carbocycles. The Bertz CT molecular complexity index is 408. The molecule has 86 valence electrons. The first-order valence-electron chi connectivity index (χ1n) is 4.68. The van der Waals surface area contributed by atoms with Gasteiger partial charge >= 0.3 is 0 Å². The number of aromatic amines is 1. The van der Waals surface area contributed by atoms with Gasteiger partial charge < -0.3 is 16.3 Å². The summed E-state index contributed by atoms with van der Waals surface area (Å²) in [6.45, 7) is 0.162. The van der Waals surface area contributed by atoms with E-state index in [2.05, 4.69) is 31.1 Å². The fourth-order valence-corrected chi connectivity index (χ4v) is 1.41. The van der Waals surface area contributed by atoms with Crippen LogP contribution in [0.3, 0.4) is 0 Å². The quantitative estimate of drug-likeness (QED) is 0.209. The number of tetrazole rings is 1. The Hall–Kier alpha value is -2.19. The van der Waals surface area contributed by atoms with Crippen molar-refractivity contribution in [1.29, 1.82) is 0 Å². The summed E-state index contributed by atoms with van der Waals surface area (Å²) in [7, 11) is 0. The van der Waals surface area contributed by atoms with E-state index in [1.807, 2.05) is 0 Å². The third-order valence-corrected chi connectivity index (χ3v) is 2.58. The number of amidine groups is 1. The summed E-state index contributed by atoms with van der Waals surface area (Å²) in [5, 5.41) is 27.0. The van der Waals surface area contributed by atoms with Crippen molar-refractivity contribution in [2.45, 2.75) is 19.4 Å². The van der Waals surface area contributed by atoms with Crippen LogP contribution >= 0.6 is 0 Å². The molecule has 0 aliphatic heterocycles. The second kappa shape index (κ2) is 3.76. The Balaban J connectivity index is 1.94. The zero-order valence-corrected chi connectivity index (χ0v) is 8.34. The number of amides is 1. The molecule has 1 aromatic heterocycles. The molecule has 0 bridgehead atoms. The van der Waals surface area contributed by atoms with E-state index in [0.717, 1.165) is 0 Å². The van der Waals surface area contributed by atoms with E-state index in [9.17, 15) is 4.79 Å². The molecule has 0 unspecified atom stereocenters. The maximum atomic E-state index is 11.8. The zero-order valence-electron chi connectivity index (χ0n) is 8.34. The van der Waals surface area contributed by atoms with Gasteiger partial charge in [0.25, 0.3) is 0 Å². The van der Waals surface area contributed by atoms with Crippen molar-refractivity contribution in [1.82, 2.24) is 25.9 Å². The third kappa shape index (κ3) is 1.66. The number of carbonyl (C=O) groups excluding carboxylic acids is 1. The average molecular weight is 225 g/mol. The Morgan fingerprint density at radius 3 is 2.94 bits per heavy atom. The number of nitrogens with zero attached hydrogens (tertiary/aromatic N) is 4. The van der Waals surface area contributed by atoms with Crippen LogP contribution < -0.4 is 11.1 Å². The first-order valence-corrected chi connectivity index (χ1v) is 4.68. The predicted molar refractivity (Wildman–Crippen MR) is 51.1 cm³/mol. The molecule has 0 saturated heterocycles.